The Bertz CT molecular complexity index is 1220. The van der Waals surface area contributed by atoms with Gasteiger partial charge in [0.1, 0.15) is 5.54 Å². The van der Waals surface area contributed by atoms with Crippen LogP contribution in [0.1, 0.15) is 43.0 Å². The van der Waals surface area contributed by atoms with Gasteiger partial charge in [0.25, 0.3) is 5.91 Å². The van der Waals surface area contributed by atoms with Crippen LogP contribution in [0.3, 0.4) is 0 Å². The van der Waals surface area contributed by atoms with Crippen LogP contribution in [0, 0.1) is 5.92 Å². The zero-order valence-electron chi connectivity index (χ0n) is 18.4. The number of nitrogens with zero attached hydrogens (tertiary/aromatic N) is 2. The van der Waals surface area contributed by atoms with E-state index in [0.717, 1.165) is 39.9 Å². The lowest BCUT2D eigenvalue weighted by molar-refractivity contribution is -0.132. The summed E-state index contributed by atoms with van der Waals surface area (Å²) in [7, 11) is 1.94. The second-order valence-corrected chi connectivity index (χ2v) is 9.18. The van der Waals surface area contributed by atoms with Crippen molar-refractivity contribution in [1.82, 2.24) is 14.8 Å². The van der Waals surface area contributed by atoms with E-state index >= 15 is 0 Å². The Morgan fingerprint density at radius 1 is 1.03 bits per heavy atom. The standard InChI is InChI=1S/C26H27N3O3/c1-17-12-14-26(15-13-17)24(31)29(25(32)27-26)16-21(30)22-19-10-6-7-11-20(19)28(2)23(22)18-8-4-3-5-9-18/h3-11,17H,12-16H2,1-2H3,(H,27,32). The van der Waals surface area contributed by atoms with Gasteiger partial charge in [-0.15, -0.1) is 0 Å². The van der Waals surface area contributed by atoms with Crippen LogP contribution in [-0.2, 0) is 11.8 Å². The molecule has 3 aromatic rings. The number of amides is 3. The number of aryl methyl sites for hydroxylation is 1. The molecule has 1 N–H and O–H groups in total. The zero-order chi connectivity index (χ0) is 22.5. The minimum Gasteiger partial charge on any atom is -0.343 e. The van der Waals surface area contributed by atoms with Gasteiger partial charge in [-0.25, -0.2) is 4.79 Å². The Hall–Kier alpha value is -3.41. The number of hydrogen-bond acceptors (Lipinski definition) is 3. The fourth-order valence-electron chi connectivity index (χ4n) is 5.25. The first kappa shape index (κ1) is 20.5. The molecule has 0 atom stereocenters. The summed E-state index contributed by atoms with van der Waals surface area (Å²) in [4.78, 5) is 40.8. The predicted octanol–water partition coefficient (Wildman–Crippen LogP) is 4.53. The molecule has 6 heteroatoms. The van der Waals surface area contributed by atoms with Crippen LogP contribution in [0.25, 0.3) is 22.2 Å². The molecule has 1 saturated heterocycles. The normalized spacial score (nSPS) is 23.2. The van der Waals surface area contributed by atoms with E-state index in [1.807, 2.05) is 66.2 Å². The van der Waals surface area contributed by atoms with Crippen LogP contribution >= 0.6 is 0 Å². The molecule has 2 aromatic carbocycles. The van der Waals surface area contributed by atoms with Crippen LogP contribution in [0.15, 0.2) is 54.6 Å². The number of nitrogens with one attached hydrogen (secondary N) is 1. The molecule has 5 rings (SSSR count). The smallest absolute Gasteiger partial charge is 0.325 e. The molecule has 32 heavy (non-hydrogen) atoms. The number of urea groups is 1. The largest absolute Gasteiger partial charge is 0.343 e. The predicted molar refractivity (Wildman–Crippen MR) is 123 cm³/mol. The van der Waals surface area contributed by atoms with E-state index in [2.05, 4.69) is 12.2 Å². The van der Waals surface area contributed by atoms with E-state index in [-0.39, 0.29) is 18.2 Å². The van der Waals surface area contributed by atoms with Crippen LogP contribution < -0.4 is 5.32 Å². The summed E-state index contributed by atoms with van der Waals surface area (Å²) in [5.41, 5.74) is 2.36. The van der Waals surface area contributed by atoms with E-state index in [1.165, 1.54) is 0 Å². The Labute approximate surface area is 187 Å². The summed E-state index contributed by atoms with van der Waals surface area (Å²) in [6, 6.07) is 17.0. The Morgan fingerprint density at radius 2 is 1.69 bits per heavy atom. The zero-order valence-corrected chi connectivity index (χ0v) is 18.4. The van der Waals surface area contributed by atoms with Crippen LogP contribution in [0.5, 0.6) is 0 Å². The maximum Gasteiger partial charge on any atom is 0.325 e. The summed E-state index contributed by atoms with van der Waals surface area (Å²) >= 11 is 0. The number of fused-ring (bicyclic) bond motifs is 1. The maximum atomic E-state index is 13.6. The lowest BCUT2D eigenvalue weighted by Crippen LogP contribution is -2.49. The van der Waals surface area contributed by atoms with Gasteiger partial charge in [-0.3, -0.25) is 14.5 Å². The van der Waals surface area contributed by atoms with Crippen molar-refractivity contribution in [2.75, 3.05) is 6.54 Å². The van der Waals surface area contributed by atoms with Crippen molar-refractivity contribution in [3.8, 4) is 11.3 Å². The van der Waals surface area contributed by atoms with Gasteiger partial charge in [0, 0.05) is 18.0 Å². The average Bonchev–Trinajstić information content (AvgIpc) is 3.23. The van der Waals surface area contributed by atoms with Crippen LogP contribution in [-0.4, -0.2) is 39.3 Å². The fraction of sp³-hybridized carbons (Fsp3) is 0.346. The van der Waals surface area contributed by atoms with Gasteiger partial charge in [-0.1, -0.05) is 55.5 Å². The molecule has 0 radical (unpaired) electrons. The van der Waals surface area contributed by atoms with Crippen molar-refractivity contribution >= 4 is 28.6 Å². The summed E-state index contributed by atoms with van der Waals surface area (Å²) in [5.74, 6) is 0.0553. The van der Waals surface area contributed by atoms with Gasteiger partial charge in [0.15, 0.2) is 5.78 Å². The minimum atomic E-state index is -0.842. The number of rotatable bonds is 4. The van der Waals surface area contributed by atoms with Gasteiger partial charge in [0.2, 0.25) is 0 Å². The van der Waals surface area contributed by atoms with Crippen LogP contribution in [0.2, 0.25) is 0 Å². The van der Waals surface area contributed by atoms with Crippen molar-refractivity contribution in [2.24, 2.45) is 13.0 Å². The molecule has 1 spiro atoms. The summed E-state index contributed by atoms with van der Waals surface area (Å²) in [5, 5.41) is 3.74. The third kappa shape index (κ3) is 3.13. The van der Waals surface area contributed by atoms with E-state index in [9.17, 15) is 14.4 Å². The number of aromatic nitrogens is 1. The first-order valence-corrected chi connectivity index (χ1v) is 11.2. The molecule has 1 aliphatic carbocycles. The van der Waals surface area contributed by atoms with E-state index < -0.39 is 11.6 Å². The van der Waals surface area contributed by atoms with Crippen molar-refractivity contribution in [3.63, 3.8) is 0 Å². The van der Waals surface area contributed by atoms with E-state index in [1.54, 1.807) is 0 Å². The summed E-state index contributed by atoms with van der Waals surface area (Å²) in [6.45, 7) is 1.91. The molecule has 2 aliphatic rings. The van der Waals surface area contributed by atoms with Gasteiger partial charge >= 0.3 is 6.03 Å². The lowest BCUT2D eigenvalue weighted by Gasteiger charge is -2.33. The average molecular weight is 430 g/mol. The molecule has 1 saturated carbocycles. The molecular formula is C26H27N3O3. The van der Waals surface area contributed by atoms with Gasteiger partial charge in [-0.05, 0) is 43.2 Å². The fourth-order valence-corrected chi connectivity index (χ4v) is 5.25. The van der Waals surface area contributed by atoms with Crippen molar-refractivity contribution in [2.45, 2.75) is 38.1 Å². The monoisotopic (exact) mass is 429 g/mol. The van der Waals surface area contributed by atoms with E-state index in [0.29, 0.717) is 24.3 Å². The highest BCUT2D eigenvalue weighted by Gasteiger charge is 2.52. The highest BCUT2D eigenvalue weighted by atomic mass is 16.2. The Kier molecular flexibility index (Phi) is 4.88. The molecular weight excluding hydrogens is 402 g/mol. The molecule has 2 fully saturated rings. The molecule has 2 heterocycles. The molecule has 0 bridgehead atoms. The topological polar surface area (TPSA) is 71.4 Å². The minimum absolute atomic E-state index is 0.231. The highest BCUT2D eigenvalue weighted by molar-refractivity contribution is 6.17. The second-order valence-electron chi connectivity index (χ2n) is 9.18. The van der Waals surface area contributed by atoms with Gasteiger partial charge < -0.3 is 9.88 Å². The molecule has 3 amide bonds. The molecule has 6 nitrogen and oxygen atoms in total. The first-order chi connectivity index (χ1) is 15.4. The number of ketones is 1. The number of carbonyl (C=O) groups is 3. The van der Waals surface area contributed by atoms with Gasteiger partial charge in [-0.2, -0.15) is 0 Å². The lowest BCUT2D eigenvalue weighted by atomic mass is 9.77. The van der Waals surface area contributed by atoms with Gasteiger partial charge in [0.05, 0.1) is 17.8 Å². The number of carbonyl (C=O) groups excluding carboxylic acids is 3. The second kappa shape index (κ2) is 7.62. The van der Waals surface area contributed by atoms with Crippen molar-refractivity contribution in [1.29, 1.82) is 0 Å². The molecule has 1 aliphatic heterocycles. The maximum absolute atomic E-state index is 13.6. The first-order valence-electron chi connectivity index (χ1n) is 11.2. The highest BCUT2D eigenvalue weighted by Crippen LogP contribution is 2.37. The Balaban J connectivity index is 1.52. The number of para-hydroxylation sites is 1. The third-order valence-corrected chi connectivity index (χ3v) is 7.11. The van der Waals surface area contributed by atoms with Crippen LogP contribution in [0.4, 0.5) is 4.79 Å². The van der Waals surface area contributed by atoms with Crippen molar-refractivity contribution < 1.29 is 14.4 Å². The number of benzene rings is 2. The SMILES string of the molecule is CC1CCC2(CC1)NC(=O)N(CC(=O)c1c(-c3ccccc3)n(C)c3ccccc13)C2=O. The summed E-state index contributed by atoms with van der Waals surface area (Å²) < 4.78 is 2.01. The van der Waals surface area contributed by atoms with E-state index in [4.69, 9.17) is 0 Å². The number of hydrogen-bond donors (Lipinski definition) is 1. The number of imide groups is 1. The Morgan fingerprint density at radius 3 is 2.41 bits per heavy atom. The molecule has 1 aromatic heterocycles. The summed E-state index contributed by atoms with van der Waals surface area (Å²) in [6.07, 6.45) is 3.06. The third-order valence-electron chi connectivity index (χ3n) is 7.11. The number of Topliss-reactive ketones (excluding diaryl/α,β-unsaturated/α-hetero) is 1. The quantitative estimate of drug-likeness (QED) is 0.489. The molecule has 0 unspecified atom stereocenters. The van der Waals surface area contributed by atoms with Crippen molar-refractivity contribution in [3.05, 3.63) is 60.2 Å². The molecule has 164 valence electrons.